The summed E-state index contributed by atoms with van der Waals surface area (Å²) >= 11 is 1.32. The smallest absolute Gasteiger partial charge is 0.292 e. The fraction of sp³-hybridized carbons (Fsp3) is 0.500. The van der Waals surface area contributed by atoms with Crippen LogP contribution < -0.4 is 4.90 Å². The molecule has 1 saturated heterocycles. The van der Waals surface area contributed by atoms with Gasteiger partial charge in [0.05, 0.1) is 10.7 Å². The first-order chi connectivity index (χ1) is 13.3. The van der Waals surface area contributed by atoms with Crippen molar-refractivity contribution in [2.24, 2.45) is 0 Å². The van der Waals surface area contributed by atoms with Crippen LogP contribution in [0.15, 0.2) is 29.4 Å². The van der Waals surface area contributed by atoms with Crippen molar-refractivity contribution in [2.45, 2.75) is 31.3 Å². The highest BCUT2D eigenvalue weighted by molar-refractivity contribution is 7.99. The summed E-state index contributed by atoms with van der Waals surface area (Å²) in [4.78, 5) is 31.5. The van der Waals surface area contributed by atoms with Gasteiger partial charge in [0.1, 0.15) is 11.5 Å². The standard InChI is InChI=1S/C18H24N6O3S/c1-18(2,3)16-19-17(21-20-16)28-12-15(25)23-10-8-22(9-11-23)13-6-4-5-7-14(13)24(26)27/h4-7H,8-12H2,1-3H3,(H,19,20,21). The van der Waals surface area contributed by atoms with Gasteiger partial charge in [-0.25, -0.2) is 4.98 Å². The molecule has 150 valence electrons. The second kappa shape index (κ2) is 8.17. The average Bonchev–Trinajstić information content (AvgIpc) is 3.16. The van der Waals surface area contributed by atoms with Crippen LogP contribution in [-0.2, 0) is 10.2 Å². The normalized spacial score (nSPS) is 15.0. The van der Waals surface area contributed by atoms with Crippen molar-refractivity contribution in [3.8, 4) is 0 Å². The summed E-state index contributed by atoms with van der Waals surface area (Å²) in [5.41, 5.74) is 0.577. The van der Waals surface area contributed by atoms with Gasteiger partial charge in [0.25, 0.3) is 5.69 Å². The molecule has 1 amide bonds. The predicted molar refractivity (Wildman–Crippen MR) is 108 cm³/mol. The SMILES string of the molecule is CC(C)(C)c1nc(SCC(=O)N2CCN(c3ccccc3[N+](=O)[O-])CC2)n[nH]1. The van der Waals surface area contributed by atoms with E-state index in [0.717, 1.165) is 5.82 Å². The van der Waals surface area contributed by atoms with E-state index >= 15 is 0 Å². The summed E-state index contributed by atoms with van der Waals surface area (Å²) in [5.74, 6) is 1.09. The molecule has 3 rings (SSSR count). The fourth-order valence-electron chi connectivity index (χ4n) is 2.95. The second-order valence-corrected chi connectivity index (χ2v) is 8.56. The maximum Gasteiger partial charge on any atom is 0.292 e. The van der Waals surface area contributed by atoms with Crippen molar-refractivity contribution >= 4 is 29.0 Å². The Balaban J connectivity index is 1.53. The van der Waals surface area contributed by atoms with E-state index in [0.29, 0.717) is 37.0 Å². The highest BCUT2D eigenvalue weighted by Gasteiger charge is 2.26. The number of aromatic nitrogens is 3. The van der Waals surface area contributed by atoms with E-state index in [-0.39, 0.29) is 27.7 Å². The molecule has 0 aliphatic carbocycles. The predicted octanol–water partition coefficient (Wildman–Crippen LogP) is 2.45. The monoisotopic (exact) mass is 404 g/mol. The molecular weight excluding hydrogens is 380 g/mol. The summed E-state index contributed by atoms with van der Waals surface area (Å²) in [7, 11) is 0. The summed E-state index contributed by atoms with van der Waals surface area (Å²) in [6, 6.07) is 6.71. The molecule has 0 unspecified atom stereocenters. The third kappa shape index (κ3) is 4.61. The molecule has 1 aromatic carbocycles. The lowest BCUT2D eigenvalue weighted by molar-refractivity contribution is -0.384. The molecule has 1 N–H and O–H groups in total. The third-order valence-electron chi connectivity index (χ3n) is 4.55. The van der Waals surface area contributed by atoms with Gasteiger partial charge in [0.15, 0.2) is 0 Å². The minimum absolute atomic E-state index is 0.0225. The van der Waals surface area contributed by atoms with Crippen LogP contribution in [0.4, 0.5) is 11.4 Å². The van der Waals surface area contributed by atoms with Crippen molar-refractivity contribution < 1.29 is 9.72 Å². The fourth-order valence-corrected chi connectivity index (χ4v) is 3.65. The number of benzene rings is 1. The second-order valence-electron chi connectivity index (χ2n) is 7.62. The van der Waals surface area contributed by atoms with E-state index in [1.54, 1.807) is 23.1 Å². The number of nitro groups is 1. The van der Waals surface area contributed by atoms with Gasteiger partial charge in [-0.3, -0.25) is 20.0 Å². The molecule has 2 heterocycles. The third-order valence-corrected chi connectivity index (χ3v) is 5.38. The number of amides is 1. The number of anilines is 1. The number of thioether (sulfide) groups is 1. The zero-order valence-corrected chi connectivity index (χ0v) is 17.0. The first kappa shape index (κ1) is 20.1. The van der Waals surface area contributed by atoms with Crippen molar-refractivity contribution in [3.63, 3.8) is 0 Å². The van der Waals surface area contributed by atoms with E-state index in [1.807, 2.05) is 25.7 Å². The summed E-state index contributed by atoms with van der Waals surface area (Å²) in [6.07, 6.45) is 0. The van der Waals surface area contributed by atoms with Gasteiger partial charge in [-0.15, -0.1) is 5.10 Å². The van der Waals surface area contributed by atoms with Crippen LogP contribution in [0, 0.1) is 10.1 Å². The Labute approximate surface area is 167 Å². The van der Waals surface area contributed by atoms with Gasteiger partial charge in [-0.1, -0.05) is 44.7 Å². The van der Waals surface area contributed by atoms with Crippen molar-refractivity contribution in [2.75, 3.05) is 36.8 Å². The van der Waals surface area contributed by atoms with Crippen LogP contribution in [-0.4, -0.2) is 62.8 Å². The van der Waals surface area contributed by atoms with Crippen molar-refractivity contribution in [1.82, 2.24) is 20.1 Å². The Bertz CT molecular complexity index is 855. The Morgan fingerprint density at radius 2 is 1.93 bits per heavy atom. The van der Waals surface area contributed by atoms with Crippen LogP contribution in [0.2, 0.25) is 0 Å². The van der Waals surface area contributed by atoms with Crippen LogP contribution in [0.5, 0.6) is 0 Å². The topological polar surface area (TPSA) is 108 Å². The number of nitrogens with one attached hydrogen (secondary N) is 1. The molecule has 0 spiro atoms. The van der Waals surface area contributed by atoms with E-state index < -0.39 is 0 Å². The molecule has 28 heavy (non-hydrogen) atoms. The zero-order valence-electron chi connectivity index (χ0n) is 16.2. The minimum Gasteiger partial charge on any atom is -0.362 e. The summed E-state index contributed by atoms with van der Waals surface area (Å²) in [5, 5.41) is 18.9. The molecule has 1 aliphatic rings. The lowest BCUT2D eigenvalue weighted by Gasteiger charge is -2.35. The summed E-state index contributed by atoms with van der Waals surface area (Å²) < 4.78 is 0. The zero-order chi connectivity index (χ0) is 20.3. The Morgan fingerprint density at radius 1 is 1.25 bits per heavy atom. The number of carbonyl (C=O) groups excluding carboxylic acids is 1. The van der Waals surface area contributed by atoms with Crippen LogP contribution >= 0.6 is 11.8 Å². The molecule has 10 heteroatoms. The number of nitro benzene ring substituents is 1. The van der Waals surface area contributed by atoms with Gasteiger partial charge in [0.2, 0.25) is 11.1 Å². The molecule has 1 aliphatic heterocycles. The number of nitrogens with zero attached hydrogens (tertiary/aromatic N) is 5. The number of piperazine rings is 1. The maximum atomic E-state index is 12.5. The molecule has 2 aromatic rings. The highest BCUT2D eigenvalue weighted by atomic mass is 32.2. The molecule has 0 radical (unpaired) electrons. The first-order valence-electron chi connectivity index (χ1n) is 9.07. The number of aromatic amines is 1. The number of hydrogen-bond donors (Lipinski definition) is 1. The largest absolute Gasteiger partial charge is 0.362 e. The lowest BCUT2D eigenvalue weighted by Crippen LogP contribution is -2.49. The van der Waals surface area contributed by atoms with E-state index in [1.165, 1.54) is 17.8 Å². The number of hydrogen-bond acceptors (Lipinski definition) is 7. The van der Waals surface area contributed by atoms with Gasteiger partial charge < -0.3 is 9.80 Å². The highest BCUT2D eigenvalue weighted by Crippen LogP contribution is 2.28. The van der Waals surface area contributed by atoms with Crippen molar-refractivity contribution in [1.29, 1.82) is 0 Å². The Morgan fingerprint density at radius 3 is 2.54 bits per heavy atom. The minimum atomic E-state index is -0.369. The molecule has 0 saturated carbocycles. The van der Waals surface area contributed by atoms with Crippen molar-refractivity contribution in [3.05, 3.63) is 40.2 Å². The molecule has 0 bridgehead atoms. The van der Waals surface area contributed by atoms with Gasteiger partial charge >= 0.3 is 0 Å². The van der Waals surface area contributed by atoms with E-state index in [4.69, 9.17) is 0 Å². The van der Waals surface area contributed by atoms with Gasteiger partial charge in [0, 0.05) is 37.7 Å². The molecule has 9 nitrogen and oxygen atoms in total. The molecule has 0 atom stereocenters. The summed E-state index contributed by atoms with van der Waals surface area (Å²) in [6.45, 7) is 8.34. The van der Waals surface area contributed by atoms with E-state index in [9.17, 15) is 14.9 Å². The van der Waals surface area contributed by atoms with Crippen LogP contribution in [0.1, 0.15) is 26.6 Å². The molecule has 1 aromatic heterocycles. The number of carbonyl (C=O) groups is 1. The van der Waals surface area contributed by atoms with Gasteiger partial charge in [-0.2, -0.15) is 0 Å². The van der Waals surface area contributed by atoms with Gasteiger partial charge in [-0.05, 0) is 6.07 Å². The number of para-hydroxylation sites is 2. The Kier molecular flexibility index (Phi) is 5.87. The number of rotatable bonds is 5. The first-order valence-corrected chi connectivity index (χ1v) is 10.1. The maximum absolute atomic E-state index is 12.5. The number of H-pyrrole nitrogens is 1. The lowest BCUT2D eigenvalue weighted by atomic mass is 9.96. The van der Waals surface area contributed by atoms with E-state index in [2.05, 4.69) is 15.2 Å². The molecule has 1 fully saturated rings. The average molecular weight is 404 g/mol. The van der Waals surface area contributed by atoms with Crippen LogP contribution in [0.3, 0.4) is 0 Å². The quantitative estimate of drug-likeness (QED) is 0.463. The Hall–Kier alpha value is -2.62. The molecular formula is C18H24N6O3S. The van der Waals surface area contributed by atoms with Crippen LogP contribution in [0.25, 0.3) is 0 Å².